The molecule has 0 amide bonds. The molecule has 0 saturated heterocycles. The van der Waals surface area contributed by atoms with E-state index in [2.05, 4.69) is 0 Å². The third kappa shape index (κ3) is 5.68. The van der Waals surface area contributed by atoms with Crippen LogP contribution in [0.3, 0.4) is 0 Å². The van der Waals surface area contributed by atoms with Crippen LogP contribution in [-0.4, -0.2) is 40.9 Å². The standard InChI is InChI=1S/C48H40O8/c49-37-21-39(51)31-17-29(37)45(25-9-1-2-10-25)30-18-32(40(52)22-38(30)50)47(27-13-5-6-14-27)34-20-36(44(56)24-42(34)54)48(28-15-7-8-16-28)35-19-33(41(53)23-43(35)55)46(31)26-11-3-4-12-26/h1-28,45-56H. The van der Waals surface area contributed by atoms with E-state index < -0.39 is 23.7 Å². The molecular formula is C48H40O8. The number of hydrogen-bond acceptors (Lipinski definition) is 8. The summed E-state index contributed by atoms with van der Waals surface area (Å²) < 4.78 is 0. The van der Waals surface area contributed by atoms with Crippen LogP contribution >= 0.6 is 0 Å². The van der Waals surface area contributed by atoms with Crippen molar-refractivity contribution >= 4 is 0 Å². The van der Waals surface area contributed by atoms with Gasteiger partial charge in [0, 0.05) is 116 Å². The van der Waals surface area contributed by atoms with Gasteiger partial charge in [0.1, 0.15) is 46.0 Å². The normalized spacial score (nSPS) is 22.7. The van der Waals surface area contributed by atoms with Crippen molar-refractivity contribution in [3.05, 3.63) is 190 Å². The number of phenolic OH excluding ortho intramolecular Hbond substituents is 8. The summed E-state index contributed by atoms with van der Waals surface area (Å²) in [5, 5.41) is 93.8. The summed E-state index contributed by atoms with van der Waals surface area (Å²) in [6, 6.07) is 12.0. The molecule has 0 atom stereocenters. The first-order valence-corrected chi connectivity index (χ1v) is 18.7. The minimum atomic E-state index is -0.736. The van der Waals surface area contributed by atoms with Crippen molar-refractivity contribution in [1.29, 1.82) is 0 Å². The van der Waals surface area contributed by atoms with E-state index in [0.717, 1.165) is 0 Å². The molecule has 0 saturated carbocycles. The Kier molecular flexibility index (Phi) is 8.42. The number of rotatable bonds is 4. The van der Waals surface area contributed by atoms with Gasteiger partial charge in [-0.15, -0.1) is 0 Å². The van der Waals surface area contributed by atoms with Crippen LogP contribution in [0.2, 0.25) is 0 Å². The van der Waals surface area contributed by atoms with Gasteiger partial charge in [-0.1, -0.05) is 97.2 Å². The van der Waals surface area contributed by atoms with Gasteiger partial charge in [0.25, 0.3) is 0 Å². The molecule has 0 aromatic heterocycles. The maximum Gasteiger partial charge on any atom is 0.123 e. The first kappa shape index (κ1) is 34.9. The third-order valence-corrected chi connectivity index (χ3v) is 12.0. The highest BCUT2D eigenvalue weighted by Gasteiger charge is 2.38. The Morgan fingerprint density at radius 2 is 0.357 bits per heavy atom. The van der Waals surface area contributed by atoms with Gasteiger partial charge >= 0.3 is 0 Å². The van der Waals surface area contributed by atoms with Crippen molar-refractivity contribution < 1.29 is 40.9 Å². The molecular weight excluding hydrogens is 705 g/mol. The van der Waals surface area contributed by atoms with Gasteiger partial charge in [-0.25, -0.2) is 0 Å². The molecule has 0 heterocycles. The summed E-state index contributed by atoms with van der Waals surface area (Å²) in [6.45, 7) is 0. The summed E-state index contributed by atoms with van der Waals surface area (Å²) in [6.07, 6.45) is 30.6. The fourth-order valence-corrected chi connectivity index (χ4v) is 9.45. The van der Waals surface area contributed by atoms with Crippen LogP contribution in [-0.2, 0) is 0 Å². The molecule has 0 aliphatic heterocycles. The van der Waals surface area contributed by atoms with Crippen molar-refractivity contribution in [2.45, 2.75) is 23.7 Å². The zero-order chi connectivity index (χ0) is 38.8. The lowest BCUT2D eigenvalue weighted by molar-refractivity contribution is 0.418. The molecule has 280 valence electrons. The Bertz CT molecular complexity index is 2030. The Morgan fingerprint density at radius 3 is 0.500 bits per heavy atom. The van der Waals surface area contributed by atoms with Gasteiger partial charge in [-0.3, -0.25) is 0 Å². The van der Waals surface area contributed by atoms with Crippen LogP contribution in [0.4, 0.5) is 0 Å². The van der Waals surface area contributed by atoms with Crippen LogP contribution < -0.4 is 0 Å². The molecule has 56 heavy (non-hydrogen) atoms. The molecule has 0 spiro atoms. The maximum atomic E-state index is 11.7. The van der Waals surface area contributed by atoms with Gasteiger partial charge in [0.05, 0.1) is 0 Å². The SMILES string of the molecule is Oc1cc(O)c2cc1C(C1C=CC=C1)c1cc(c(O)cc1O)C(C1C=CC=C1)c1cc(c(O)cc1O)C(C1C=CC=C1)c1cc(c(O)cc1O)C2C1C=CC=C1. The highest BCUT2D eigenvalue weighted by molar-refractivity contribution is 5.64. The summed E-state index contributed by atoms with van der Waals surface area (Å²) >= 11 is 0. The molecule has 0 fully saturated rings. The highest BCUT2D eigenvalue weighted by Crippen LogP contribution is 2.55. The van der Waals surface area contributed by atoms with Crippen molar-refractivity contribution in [3.63, 3.8) is 0 Å². The van der Waals surface area contributed by atoms with Gasteiger partial charge in [-0.2, -0.15) is 0 Å². The Balaban J connectivity index is 1.43. The molecule has 8 bridgehead atoms. The second-order valence-electron chi connectivity index (χ2n) is 15.2. The van der Waals surface area contributed by atoms with E-state index >= 15 is 0 Å². The second-order valence-corrected chi connectivity index (χ2v) is 15.2. The van der Waals surface area contributed by atoms with E-state index in [9.17, 15) is 40.9 Å². The lowest BCUT2D eigenvalue weighted by Gasteiger charge is -2.32. The monoisotopic (exact) mass is 744 g/mol. The Labute approximate surface area is 323 Å². The molecule has 8 N–H and O–H groups in total. The predicted octanol–water partition coefficient (Wildman–Crippen LogP) is 9.14. The number of aromatic hydroxyl groups is 8. The first-order valence-electron chi connectivity index (χ1n) is 18.7. The zero-order valence-electron chi connectivity index (χ0n) is 30.1. The molecule has 4 aromatic rings. The predicted molar refractivity (Wildman–Crippen MR) is 214 cm³/mol. The van der Waals surface area contributed by atoms with Gasteiger partial charge in [0.2, 0.25) is 0 Å². The van der Waals surface area contributed by atoms with Crippen molar-refractivity contribution in [3.8, 4) is 46.0 Å². The smallest absolute Gasteiger partial charge is 0.123 e. The number of phenols is 8. The van der Waals surface area contributed by atoms with Crippen LogP contribution in [0.1, 0.15) is 68.2 Å². The molecule has 0 unspecified atom stereocenters. The molecule has 5 aliphatic carbocycles. The quantitative estimate of drug-likeness (QED) is 0.103. The average molecular weight is 745 g/mol. The van der Waals surface area contributed by atoms with Crippen LogP contribution in [0, 0.1) is 23.7 Å². The maximum absolute atomic E-state index is 11.7. The summed E-state index contributed by atoms with van der Waals surface area (Å²) in [7, 11) is 0. The summed E-state index contributed by atoms with van der Waals surface area (Å²) in [5.41, 5.74) is 3.10. The van der Waals surface area contributed by atoms with E-state index in [1.165, 1.54) is 24.3 Å². The second kappa shape index (κ2) is 13.5. The van der Waals surface area contributed by atoms with E-state index in [1.54, 1.807) is 24.3 Å². The van der Waals surface area contributed by atoms with Crippen molar-refractivity contribution in [2.75, 3.05) is 0 Å². The lowest BCUT2D eigenvalue weighted by Crippen LogP contribution is -2.18. The topological polar surface area (TPSA) is 162 Å². The van der Waals surface area contributed by atoms with Gasteiger partial charge in [0.15, 0.2) is 0 Å². The number of benzene rings is 4. The van der Waals surface area contributed by atoms with Crippen LogP contribution in [0.25, 0.3) is 0 Å². The lowest BCUT2D eigenvalue weighted by atomic mass is 9.72. The molecule has 5 aliphatic rings. The zero-order valence-corrected chi connectivity index (χ0v) is 30.1. The third-order valence-electron chi connectivity index (χ3n) is 12.0. The van der Waals surface area contributed by atoms with E-state index in [1.807, 2.05) is 97.2 Å². The largest absolute Gasteiger partial charge is 0.508 e. The number of hydrogen-bond donors (Lipinski definition) is 8. The minimum Gasteiger partial charge on any atom is -0.508 e. The van der Waals surface area contributed by atoms with Crippen LogP contribution in [0.15, 0.2) is 146 Å². The molecule has 9 rings (SSSR count). The molecule has 0 radical (unpaired) electrons. The summed E-state index contributed by atoms with van der Waals surface area (Å²) in [5.74, 6) is -6.16. The van der Waals surface area contributed by atoms with Gasteiger partial charge in [-0.05, 0) is 24.3 Å². The van der Waals surface area contributed by atoms with Gasteiger partial charge < -0.3 is 40.9 Å². The van der Waals surface area contributed by atoms with E-state index in [-0.39, 0.29) is 69.7 Å². The van der Waals surface area contributed by atoms with Crippen LogP contribution in [0.5, 0.6) is 46.0 Å². The number of fused-ring (bicyclic) bond motifs is 8. The molecule has 4 aromatic carbocycles. The Hall–Kier alpha value is -6.80. The fraction of sp³-hybridized carbons (Fsp3) is 0.167. The van der Waals surface area contributed by atoms with Crippen molar-refractivity contribution in [1.82, 2.24) is 0 Å². The average Bonchev–Trinajstić information content (AvgIpc) is 4.01. The Morgan fingerprint density at radius 1 is 0.214 bits per heavy atom. The van der Waals surface area contributed by atoms with Crippen molar-refractivity contribution in [2.24, 2.45) is 23.7 Å². The number of allylic oxidation sites excluding steroid dienone is 16. The van der Waals surface area contributed by atoms with E-state index in [0.29, 0.717) is 44.5 Å². The highest BCUT2D eigenvalue weighted by atomic mass is 16.3. The van der Waals surface area contributed by atoms with E-state index in [4.69, 9.17) is 0 Å². The first-order chi connectivity index (χ1) is 27.1. The fourth-order valence-electron chi connectivity index (χ4n) is 9.45. The minimum absolute atomic E-state index is 0.217. The molecule has 8 heteroatoms. The molecule has 8 nitrogen and oxygen atoms in total. The summed E-state index contributed by atoms with van der Waals surface area (Å²) in [4.78, 5) is 0.